The third kappa shape index (κ3) is 4.31. The molecule has 2 aromatic heterocycles. The van der Waals surface area contributed by atoms with E-state index in [4.69, 9.17) is 0 Å². The molecular formula is C21H22N4O2S. The number of rotatable bonds is 4. The van der Waals surface area contributed by atoms with Gasteiger partial charge in [0.05, 0.1) is 23.2 Å². The van der Waals surface area contributed by atoms with Crippen LogP contribution in [0.3, 0.4) is 0 Å². The van der Waals surface area contributed by atoms with Crippen LogP contribution < -0.4 is 10.9 Å². The lowest BCUT2D eigenvalue weighted by Crippen LogP contribution is -2.41. The van der Waals surface area contributed by atoms with Crippen LogP contribution in [-0.4, -0.2) is 21.6 Å². The molecule has 0 aliphatic heterocycles. The molecule has 0 saturated heterocycles. The number of amides is 2. The Bertz CT molecular complexity index is 954. The predicted molar refractivity (Wildman–Crippen MR) is 108 cm³/mol. The Morgan fingerprint density at radius 3 is 2.68 bits per heavy atom. The van der Waals surface area contributed by atoms with Crippen LogP contribution in [-0.2, 0) is 19.4 Å². The first-order chi connectivity index (χ1) is 13.7. The van der Waals surface area contributed by atoms with E-state index in [1.807, 2.05) is 36.4 Å². The summed E-state index contributed by atoms with van der Waals surface area (Å²) in [4.78, 5) is 26.7. The molecule has 2 amide bonds. The van der Waals surface area contributed by atoms with E-state index < -0.39 is 0 Å². The molecule has 0 bridgehead atoms. The second kappa shape index (κ2) is 8.39. The van der Waals surface area contributed by atoms with Gasteiger partial charge in [-0.25, -0.2) is 0 Å². The predicted octanol–water partition coefficient (Wildman–Crippen LogP) is 3.34. The van der Waals surface area contributed by atoms with Gasteiger partial charge in [-0.2, -0.15) is 5.10 Å². The molecule has 28 heavy (non-hydrogen) atoms. The standard InChI is InChI=1S/C21H22N4O2S/c26-20(17-12-22-25(14-17)13-15-7-3-1-4-8-15)23-24-21(27)19-11-16-9-5-2-6-10-18(16)28-19/h1,3-4,7-8,11-12,14H,2,5-6,9-10,13H2,(H,23,26)(H,24,27). The molecule has 7 heteroatoms. The number of thiophene rings is 1. The van der Waals surface area contributed by atoms with E-state index in [1.54, 1.807) is 10.9 Å². The molecule has 2 N–H and O–H groups in total. The molecule has 4 rings (SSSR count). The Hall–Kier alpha value is -2.93. The second-order valence-electron chi connectivity index (χ2n) is 6.94. The molecule has 0 atom stereocenters. The quantitative estimate of drug-likeness (QED) is 0.526. The van der Waals surface area contributed by atoms with E-state index in [-0.39, 0.29) is 11.8 Å². The second-order valence-corrected chi connectivity index (χ2v) is 8.08. The normalized spacial score (nSPS) is 13.4. The Labute approximate surface area is 167 Å². The van der Waals surface area contributed by atoms with E-state index in [1.165, 1.54) is 47.2 Å². The molecule has 0 fully saturated rings. The molecule has 0 saturated carbocycles. The molecule has 0 radical (unpaired) electrons. The van der Waals surface area contributed by atoms with Crippen LogP contribution in [0.1, 0.15) is 55.3 Å². The maximum Gasteiger partial charge on any atom is 0.279 e. The van der Waals surface area contributed by atoms with E-state index in [2.05, 4.69) is 16.0 Å². The highest BCUT2D eigenvalue weighted by atomic mass is 32.1. The van der Waals surface area contributed by atoms with Crippen LogP contribution in [0.5, 0.6) is 0 Å². The van der Waals surface area contributed by atoms with Crippen molar-refractivity contribution in [1.29, 1.82) is 0 Å². The first-order valence-electron chi connectivity index (χ1n) is 9.48. The topological polar surface area (TPSA) is 76.0 Å². The number of carbonyl (C=O) groups is 2. The number of aromatic nitrogens is 2. The molecule has 0 unspecified atom stereocenters. The third-order valence-electron chi connectivity index (χ3n) is 4.84. The summed E-state index contributed by atoms with van der Waals surface area (Å²) in [7, 11) is 0. The molecule has 1 aromatic carbocycles. The van der Waals surface area contributed by atoms with Crippen molar-refractivity contribution >= 4 is 23.2 Å². The van der Waals surface area contributed by atoms with Crippen molar-refractivity contribution in [2.45, 2.75) is 38.6 Å². The third-order valence-corrected chi connectivity index (χ3v) is 6.08. The summed E-state index contributed by atoms with van der Waals surface area (Å²) >= 11 is 1.53. The highest BCUT2D eigenvalue weighted by molar-refractivity contribution is 7.14. The fourth-order valence-electron chi connectivity index (χ4n) is 3.36. The van der Waals surface area contributed by atoms with Gasteiger partial charge in [-0.1, -0.05) is 36.8 Å². The Kier molecular flexibility index (Phi) is 5.53. The molecule has 0 spiro atoms. The summed E-state index contributed by atoms with van der Waals surface area (Å²) in [6, 6.07) is 11.9. The smallest absolute Gasteiger partial charge is 0.268 e. The van der Waals surface area contributed by atoms with E-state index in [0.717, 1.165) is 18.4 Å². The van der Waals surface area contributed by atoms with Crippen molar-refractivity contribution in [3.8, 4) is 0 Å². The Morgan fingerprint density at radius 2 is 1.82 bits per heavy atom. The highest BCUT2D eigenvalue weighted by Gasteiger charge is 2.17. The summed E-state index contributed by atoms with van der Waals surface area (Å²) in [6.07, 6.45) is 8.84. The lowest BCUT2D eigenvalue weighted by atomic mass is 10.1. The summed E-state index contributed by atoms with van der Waals surface area (Å²) in [6.45, 7) is 0.585. The van der Waals surface area contributed by atoms with Crippen LogP contribution in [0, 0.1) is 0 Å². The van der Waals surface area contributed by atoms with Crippen LogP contribution in [0.2, 0.25) is 0 Å². The average Bonchev–Trinajstić information content (AvgIpc) is 3.28. The Morgan fingerprint density at radius 1 is 1.04 bits per heavy atom. The van der Waals surface area contributed by atoms with Crippen LogP contribution in [0.25, 0.3) is 0 Å². The van der Waals surface area contributed by atoms with Crippen molar-refractivity contribution in [2.24, 2.45) is 0 Å². The number of aryl methyl sites for hydroxylation is 2. The van der Waals surface area contributed by atoms with Gasteiger partial charge in [-0.3, -0.25) is 25.1 Å². The van der Waals surface area contributed by atoms with Gasteiger partial charge in [0.2, 0.25) is 0 Å². The van der Waals surface area contributed by atoms with Crippen molar-refractivity contribution < 1.29 is 9.59 Å². The van der Waals surface area contributed by atoms with Crippen molar-refractivity contribution in [3.63, 3.8) is 0 Å². The van der Waals surface area contributed by atoms with Gasteiger partial charge >= 0.3 is 0 Å². The van der Waals surface area contributed by atoms with Gasteiger partial charge in [0.25, 0.3) is 11.8 Å². The first-order valence-corrected chi connectivity index (χ1v) is 10.3. The van der Waals surface area contributed by atoms with Gasteiger partial charge in [-0.05, 0) is 42.9 Å². The lowest BCUT2D eigenvalue weighted by molar-refractivity contribution is 0.0849. The average molecular weight is 394 g/mol. The number of benzene rings is 1. The molecule has 2 heterocycles. The first kappa shape index (κ1) is 18.4. The van der Waals surface area contributed by atoms with Crippen LogP contribution in [0.15, 0.2) is 48.8 Å². The largest absolute Gasteiger partial charge is 0.279 e. The number of hydrogen-bond donors (Lipinski definition) is 2. The van der Waals surface area contributed by atoms with Gasteiger partial charge < -0.3 is 0 Å². The maximum absolute atomic E-state index is 12.4. The van der Waals surface area contributed by atoms with E-state index in [9.17, 15) is 9.59 Å². The Balaban J connectivity index is 1.33. The van der Waals surface area contributed by atoms with E-state index >= 15 is 0 Å². The lowest BCUT2D eigenvalue weighted by Gasteiger charge is -2.04. The van der Waals surface area contributed by atoms with Gasteiger partial charge in [0.1, 0.15) is 0 Å². The minimum absolute atomic E-state index is 0.275. The van der Waals surface area contributed by atoms with E-state index in [0.29, 0.717) is 17.0 Å². The molecule has 1 aliphatic carbocycles. The highest BCUT2D eigenvalue weighted by Crippen LogP contribution is 2.28. The number of hydrazine groups is 1. The summed E-state index contributed by atoms with van der Waals surface area (Å²) < 4.78 is 1.70. The SMILES string of the molecule is O=C(NNC(=O)c1cc2c(s1)CCCCC2)c1cnn(Cc2ccccc2)c1. The molecule has 6 nitrogen and oxygen atoms in total. The zero-order valence-corrected chi connectivity index (χ0v) is 16.3. The van der Waals surface area contributed by atoms with Crippen LogP contribution >= 0.6 is 11.3 Å². The number of carbonyl (C=O) groups excluding carboxylic acids is 2. The summed E-state index contributed by atoms with van der Waals surface area (Å²) in [5, 5.41) is 4.22. The minimum Gasteiger partial charge on any atom is -0.268 e. The zero-order chi connectivity index (χ0) is 19.3. The zero-order valence-electron chi connectivity index (χ0n) is 15.5. The van der Waals surface area contributed by atoms with Crippen molar-refractivity contribution in [2.75, 3.05) is 0 Å². The van der Waals surface area contributed by atoms with Crippen LogP contribution in [0.4, 0.5) is 0 Å². The number of nitrogens with one attached hydrogen (secondary N) is 2. The number of nitrogens with zero attached hydrogens (tertiary/aromatic N) is 2. The molecule has 144 valence electrons. The molecule has 3 aromatic rings. The van der Waals surface area contributed by atoms with Crippen molar-refractivity contribution in [1.82, 2.24) is 20.6 Å². The molecular weight excluding hydrogens is 372 g/mol. The van der Waals surface area contributed by atoms with Crippen molar-refractivity contribution in [3.05, 3.63) is 75.2 Å². The fourth-order valence-corrected chi connectivity index (χ4v) is 4.51. The monoisotopic (exact) mass is 394 g/mol. The van der Waals surface area contributed by atoms with Gasteiger partial charge in [0.15, 0.2) is 0 Å². The van der Waals surface area contributed by atoms with Gasteiger partial charge in [0, 0.05) is 11.1 Å². The number of fused-ring (bicyclic) bond motifs is 1. The molecule has 1 aliphatic rings. The number of hydrogen-bond acceptors (Lipinski definition) is 4. The maximum atomic E-state index is 12.4. The summed E-state index contributed by atoms with van der Waals surface area (Å²) in [5.41, 5.74) is 7.78. The fraction of sp³-hybridized carbons (Fsp3) is 0.286. The summed E-state index contributed by atoms with van der Waals surface area (Å²) in [5.74, 6) is -0.658. The minimum atomic E-state index is -0.384. The van der Waals surface area contributed by atoms with Gasteiger partial charge in [-0.15, -0.1) is 11.3 Å².